The Balaban J connectivity index is 1.82. The molecule has 156 valence electrons. The van der Waals surface area contributed by atoms with Gasteiger partial charge in [-0.1, -0.05) is 38.1 Å². The summed E-state index contributed by atoms with van der Waals surface area (Å²) in [5.41, 5.74) is 2.82. The van der Waals surface area contributed by atoms with E-state index in [-0.39, 0.29) is 23.5 Å². The van der Waals surface area contributed by atoms with E-state index >= 15 is 0 Å². The number of phenolic OH excluding ortho intramolecular Hbond substituents is 1. The van der Waals surface area contributed by atoms with E-state index in [1.54, 1.807) is 18.2 Å². The van der Waals surface area contributed by atoms with Crippen LogP contribution in [0.4, 0.5) is 0 Å². The van der Waals surface area contributed by atoms with Gasteiger partial charge in [0.2, 0.25) is 0 Å². The second kappa shape index (κ2) is 6.44. The third kappa shape index (κ3) is 2.39. The quantitative estimate of drug-likeness (QED) is 0.732. The summed E-state index contributed by atoms with van der Waals surface area (Å²) in [6.45, 7) is 4.34. The molecular formula is C26H28O4. The molecule has 0 unspecified atom stereocenters. The molecule has 30 heavy (non-hydrogen) atoms. The van der Waals surface area contributed by atoms with Crippen molar-refractivity contribution in [2.75, 3.05) is 0 Å². The molecule has 2 aromatic carbocycles. The van der Waals surface area contributed by atoms with Crippen molar-refractivity contribution in [3.63, 3.8) is 0 Å². The fourth-order valence-electron chi connectivity index (χ4n) is 7.60. The van der Waals surface area contributed by atoms with Gasteiger partial charge in [-0.15, -0.1) is 0 Å². The lowest BCUT2D eigenvalue weighted by Gasteiger charge is -2.60. The zero-order chi connectivity index (χ0) is 21.3. The van der Waals surface area contributed by atoms with Crippen LogP contribution in [-0.4, -0.2) is 22.0 Å². The van der Waals surface area contributed by atoms with Crippen LogP contribution in [0.25, 0.3) is 0 Å². The molecular weight excluding hydrogens is 376 g/mol. The summed E-state index contributed by atoms with van der Waals surface area (Å²) in [4.78, 5) is 25.3. The van der Waals surface area contributed by atoms with Crippen molar-refractivity contribution in [3.05, 3.63) is 64.7 Å². The predicted molar refractivity (Wildman–Crippen MR) is 114 cm³/mol. The number of aryl methyl sites for hydroxylation is 1. The first-order valence-electron chi connectivity index (χ1n) is 11.0. The van der Waals surface area contributed by atoms with Gasteiger partial charge in [-0.2, -0.15) is 0 Å². The number of carboxylic acids is 1. The molecule has 3 aliphatic carbocycles. The summed E-state index contributed by atoms with van der Waals surface area (Å²) in [7, 11) is 0. The van der Waals surface area contributed by atoms with Crippen molar-refractivity contribution in [1.82, 2.24) is 0 Å². The maximum absolute atomic E-state index is 13.1. The van der Waals surface area contributed by atoms with E-state index in [4.69, 9.17) is 0 Å². The highest BCUT2D eigenvalue weighted by Gasteiger charge is 2.65. The molecule has 4 heteroatoms. The SMILES string of the molecule is C[C@@H]1C[C@]2(C)C(=O)CC[C@H]2[C@@]2(c3ccccc3C(=O)O)CCc3cc(O)ccc3[C@@H]12. The minimum absolute atomic E-state index is 0.126. The number of rotatable bonds is 2. The normalized spacial score (nSPS) is 34.7. The van der Waals surface area contributed by atoms with Crippen LogP contribution in [0.15, 0.2) is 42.5 Å². The van der Waals surface area contributed by atoms with E-state index < -0.39 is 16.8 Å². The first-order valence-corrected chi connectivity index (χ1v) is 11.0. The Labute approximate surface area is 176 Å². The highest BCUT2D eigenvalue weighted by molar-refractivity contribution is 5.91. The van der Waals surface area contributed by atoms with Crippen LogP contribution >= 0.6 is 0 Å². The predicted octanol–water partition coefficient (Wildman–Crippen LogP) is 5.08. The minimum atomic E-state index is -0.903. The molecule has 0 aliphatic heterocycles. The summed E-state index contributed by atoms with van der Waals surface area (Å²) in [6, 6.07) is 13.1. The Hall–Kier alpha value is -2.62. The first kappa shape index (κ1) is 19.3. The van der Waals surface area contributed by atoms with Crippen LogP contribution in [0.1, 0.15) is 72.5 Å². The van der Waals surface area contributed by atoms with Crippen LogP contribution in [0, 0.1) is 17.3 Å². The molecule has 0 amide bonds. The van der Waals surface area contributed by atoms with E-state index in [0.29, 0.717) is 17.8 Å². The lowest BCUT2D eigenvalue weighted by Crippen LogP contribution is -2.56. The highest BCUT2D eigenvalue weighted by atomic mass is 16.4. The fraction of sp³-hybridized carbons (Fsp3) is 0.462. The largest absolute Gasteiger partial charge is 0.508 e. The van der Waals surface area contributed by atoms with Gasteiger partial charge in [0, 0.05) is 17.3 Å². The number of hydrogen-bond donors (Lipinski definition) is 2. The van der Waals surface area contributed by atoms with Crippen molar-refractivity contribution in [2.45, 2.75) is 57.3 Å². The number of carbonyl (C=O) groups excluding carboxylic acids is 1. The molecule has 2 N–H and O–H groups in total. The Bertz CT molecular complexity index is 1060. The van der Waals surface area contributed by atoms with Crippen LogP contribution in [0.5, 0.6) is 5.75 Å². The summed E-state index contributed by atoms with van der Waals surface area (Å²) in [5.74, 6) is 0.198. The lowest BCUT2D eigenvalue weighted by atomic mass is 9.43. The second-order valence-electron chi connectivity index (χ2n) is 9.87. The molecule has 3 aliphatic rings. The van der Waals surface area contributed by atoms with Crippen LogP contribution in [0.2, 0.25) is 0 Å². The molecule has 2 aromatic rings. The fourth-order valence-corrected chi connectivity index (χ4v) is 7.60. The van der Waals surface area contributed by atoms with Gasteiger partial charge in [0.25, 0.3) is 0 Å². The van der Waals surface area contributed by atoms with Gasteiger partial charge in [0.05, 0.1) is 5.56 Å². The number of carboxylic acid groups (broad SMARTS) is 1. The van der Waals surface area contributed by atoms with Crippen molar-refractivity contribution in [2.24, 2.45) is 17.3 Å². The molecule has 0 heterocycles. The Morgan fingerprint density at radius 2 is 1.90 bits per heavy atom. The number of carbonyl (C=O) groups is 2. The molecule has 0 spiro atoms. The van der Waals surface area contributed by atoms with Gasteiger partial charge in [-0.25, -0.2) is 4.79 Å². The lowest BCUT2D eigenvalue weighted by molar-refractivity contribution is -0.132. The number of Topliss-reactive ketones (excluding diaryl/α,β-unsaturated/α-hetero) is 1. The van der Waals surface area contributed by atoms with E-state index in [1.807, 2.05) is 24.3 Å². The third-order valence-corrected chi connectivity index (χ3v) is 8.49. The van der Waals surface area contributed by atoms with Gasteiger partial charge in [0.15, 0.2) is 0 Å². The van der Waals surface area contributed by atoms with Crippen molar-refractivity contribution < 1.29 is 19.8 Å². The third-order valence-electron chi connectivity index (χ3n) is 8.49. The molecule has 0 saturated heterocycles. The van der Waals surface area contributed by atoms with E-state index in [1.165, 1.54) is 5.56 Å². The number of aromatic hydroxyl groups is 1. The summed E-state index contributed by atoms with van der Waals surface area (Å²) < 4.78 is 0. The number of ketones is 1. The van der Waals surface area contributed by atoms with Gasteiger partial charge in [-0.05, 0) is 78.3 Å². The second-order valence-corrected chi connectivity index (χ2v) is 9.87. The molecule has 2 fully saturated rings. The number of aromatic carboxylic acids is 1. The monoisotopic (exact) mass is 404 g/mol. The Kier molecular flexibility index (Phi) is 4.15. The zero-order valence-corrected chi connectivity index (χ0v) is 17.5. The topological polar surface area (TPSA) is 74.6 Å². The van der Waals surface area contributed by atoms with Crippen molar-refractivity contribution >= 4 is 11.8 Å². The number of hydrogen-bond acceptors (Lipinski definition) is 3. The van der Waals surface area contributed by atoms with Crippen LogP contribution in [-0.2, 0) is 16.6 Å². The van der Waals surface area contributed by atoms with Gasteiger partial charge in [-0.3, -0.25) is 4.79 Å². The molecule has 4 nitrogen and oxygen atoms in total. The van der Waals surface area contributed by atoms with Gasteiger partial charge < -0.3 is 10.2 Å². The smallest absolute Gasteiger partial charge is 0.335 e. The van der Waals surface area contributed by atoms with E-state index in [2.05, 4.69) is 13.8 Å². The number of fused-ring (bicyclic) bond motifs is 5. The van der Waals surface area contributed by atoms with Crippen molar-refractivity contribution in [3.8, 4) is 5.75 Å². The molecule has 0 radical (unpaired) electrons. The van der Waals surface area contributed by atoms with Gasteiger partial charge in [0.1, 0.15) is 11.5 Å². The maximum atomic E-state index is 13.1. The number of phenols is 1. The van der Waals surface area contributed by atoms with Crippen LogP contribution in [0.3, 0.4) is 0 Å². The molecule has 5 rings (SSSR count). The zero-order valence-electron chi connectivity index (χ0n) is 17.5. The van der Waals surface area contributed by atoms with Crippen LogP contribution < -0.4 is 0 Å². The minimum Gasteiger partial charge on any atom is -0.508 e. The Morgan fingerprint density at radius 1 is 1.13 bits per heavy atom. The average molecular weight is 405 g/mol. The summed E-state index contributed by atoms with van der Waals surface area (Å²) in [6.07, 6.45) is 3.82. The number of benzene rings is 2. The molecule has 0 bridgehead atoms. The Morgan fingerprint density at radius 3 is 2.67 bits per heavy atom. The standard InChI is InChI=1S/C26H28O4/c1-15-14-25(2)21(9-10-22(25)28)26(20-6-4-3-5-19(20)24(29)30)12-11-16-13-17(27)7-8-18(16)23(15)26/h3-8,13,15,21,23,27H,9-12,14H2,1-2H3,(H,29,30)/t15-,21-,23-,25+,26+/m1/s1. The molecule has 0 aromatic heterocycles. The first-order chi connectivity index (χ1) is 14.3. The molecule has 5 atom stereocenters. The maximum Gasteiger partial charge on any atom is 0.335 e. The summed E-state index contributed by atoms with van der Waals surface area (Å²) >= 11 is 0. The molecule has 2 saturated carbocycles. The van der Waals surface area contributed by atoms with Gasteiger partial charge >= 0.3 is 5.97 Å². The van der Waals surface area contributed by atoms with E-state index in [9.17, 15) is 19.8 Å². The van der Waals surface area contributed by atoms with Crippen molar-refractivity contribution in [1.29, 1.82) is 0 Å². The highest BCUT2D eigenvalue weighted by Crippen LogP contribution is 2.68. The summed E-state index contributed by atoms with van der Waals surface area (Å²) in [5, 5.41) is 20.1. The average Bonchev–Trinajstić information content (AvgIpc) is 3.02. The van der Waals surface area contributed by atoms with E-state index in [0.717, 1.165) is 36.8 Å².